The summed E-state index contributed by atoms with van der Waals surface area (Å²) in [7, 11) is -13.4. The Morgan fingerprint density at radius 2 is 0.875 bits per heavy atom. The van der Waals surface area contributed by atoms with Crippen molar-refractivity contribution in [3.8, 4) is 0 Å². The average molecular weight is 506 g/mol. The van der Waals surface area contributed by atoms with Crippen molar-refractivity contribution in [2.24, 2.45) is 0 Å². The molecule has 174 valence electrons. The van der Waals surface area contributed by atoms with E-state index >= 15 is 0 Å². The van der Waals surface area contributed by atoms with Crippen molar-refractivity contribution in [2.45, 2.75) is 11.0 Å². The van der Waals surface area contributed by atoms with Gasteiger partial charge in [-0.25, -0.2) is 0 Å². The fraction of sp³-hybridized carbons (Fsp3) is 0.143. The zero-order valence-corrected chi connectivity index (χ0v) is 16.6. The van der Waals surface area contributed by atoms with E-state index in [9.17, 15) is 52.8 Å². The molecule has 0 atom stereocenters. The Morgan fingerprint density at radius 3 is 1.09 bits per heavy atom. The highest BCUT2D eigenvalue weighted by molar-refractivity contribution is 7.95. The molecule has 18 heteroatoms. The van der Waals surface area contributed by atoms with Gasteiger partial charge in [-0.3, -0.25) is 19.6 Å². The van der Waals surface area contributed by atoms with Gasteiger partial charge in [-0.15, -0.1) is 0 Å². The van der Waals surface area contributed by atoms with Crippen LogP contribution in [0.4, 0.5) is 37.7 Å². The number of alkyl halides is 6. The third-order valence-electron chi connectivity index (χ3n) is 3.41. The largest absolute Gasteiger partial charge is 0.517 e. The molecule has 2 amide bonds. The van der Waals surface area contributed by atoms with Gasteiger partial charge in [0.05, 0.1) is 11.4 Å². The van der Waals surface area contributed by atoms with Crippen molar-refractivity contribution >= 4 is 43.2 Å². The Bertz CT molecular complexity index is 1120. The first-order valence-corrected chi connectivity index (χ1v) is 10.5. The number of anilines is 2. The van der Waals surface area contributed by atoms with E-state index in [2.05, 4.69) is 9.97 Å². The third kappa shape index (κ3) is 4.49. The van der Waals surface area contributed by atoms with E-state index in [1.54, 1.807) is 0 Å². The lowest BCUT2D eigenvalue weighted by Crippen LogP contribution is -2.54. The smallest absolute Gasteiger partial charge is 0.265 e. The maximum absolute atomic E-state index is 13.1. The van der Waals surface area contributed by atoms with Gasteiger partial charge < -0.3 is 0 Å². The van der Waals surface area contributed by atoms with E-state index in [-0.39, 0.29) is 0 Å². The van der Waals surface area contributed by atoms with E-state index in [4.69, 9.17) is 0 Å². The minimum absolute atomic E-state index is 0.517. The van der Waals surface area contributed by atoms with E-state index in [1.807, 2.05) is 0 Å². The molecule has 0 saturated carbocycles. The SMILES string of the molecule is O=C(C(=O)N(c1ccncc1)S(=O)(=O)C(F)(F)F)N(c1ccncc1)S(=O)(=O)C(F)(F)F. The predicted octanol–water partition coefficient (Wildman–Crippen LogP) is 1.54. The molecule has 0 unspecified atom stereocenters. The summed E-state index contributed by atoms with van der Waals surface area (Å²) < 4.78 is 124. The first kappa shape index (κ1) is 25.0. The van der Waals surface area contributed by atoms with Gasteiger partial charge in [-0.05, 0) is 24.3 Å². The van der Waals surface area contributed by atoms with Crippen molar-refractivity contribution in [3.05, 3.63) is 49.1 Å². The van der Waals surface area contributed by atoms with Crippen LogP contribution in [0.5, 0.6) is 0 Å². The van der Waals surface area contributed by atoms with Crippen LogP contribution in [0, 0.1) is 0 Å². The minimum atomic E-state index is -6.71. The number of halogens is 6. The molecule has 2 aromatic heterocycles. The molecule has 0 radical (unpaired) electrons. The van der Waals surface area contributed by atoms with E-state index in [1.165, 1.54) is 0 Å². The number of hydrogen-bond donors (Lipinski definition) is 0. The zero-order chi connectivity index (χ0) is 24.5. The minimum Gasteiger partial charge on any atom is -0.265 e. The molecule has 0 bridgehead atoms. The molecule has 0 aromatic carbocycles. The van der Waals surface area contributed by atoms with Crippen molar-refractivity contribution in [2.75, 3.05) is 8.61 Å². The molecule has 2 rings (SSSR count). The van der Waals surface area contributed by atoms with Crippen molar-refractivity contribution in [3.63, 3.8) is 0 Å². The van der Waals surface area contributed by atoms with Crippen LogP contribution in [-0.2, 0) is 29.6 Å². The Morgan fingerprint density at radius 1 is 0.625 bits per heavy atom. The normalized spacial score (nSPS) is 12.8. The average Bonchev–Trinajstić information content (AvgIpc) is 2.67. The summed E-state index contributed by atoms with van der Waals surface area (Å²) in [6.07, 6.45) is 2.83. The summed E-state index contributed by atoms with van der Waals surface area (Å²) >= 11 is 0. The second-order valence-electron chi connectivity index (χ2n) is 5.45. The molecule has 0 spiro atoms. The summed E-state index contributed by atoms with van der Waals surface area (Å²) in [6.45, 7) is 0. The fourth-order valence-electron chi connectivity index (χ4n) is 2.07. The number of hydrogen-bond acceptors (Lipinski definition) is 8. The second-order valence-corrected chi connectivity index (χ2v) is 9.01. The van der Waals surface area contributed by atoms with Gasteiger partial charge in [0.1, 0.15) is 0 Å². The van der Waals surface area contributed by atoms with Crippen LogP contribution in [0.25, 0.3) is 0 Å². The van der Waals surface area contributed by atoms with E-state index < -0.39 is 62.9 Å². The lowest BCUT2D eigenvalue weighted by Gasteiger charge is -2.27. The Labute approximate surface area is 175 Å². The van der Waals surface area contributed by atoms with Crippen LogP contribution in [0.2, 0.25) is 0 Å². The highest BCUT2D eigenvalue weighted by atomic mass is 32.2. The van der Waals surface area contributed by atoms with Crippen molar-refractivity contribution in [1.29, 1.82) is 0 Å². The fourth-order valence-corrected chi connectivity index (χ4v) is 3.88. The topological polar surface area (TPSA) is 135 Å². The standard InChI is InChI=1S/C14H8F6N4O6S2/c15-13(16,17)31(27,28)23(9-1-5-21-6-2-9)11(25)12(26)24(10-3-7-22-8-4-10)32(29,30)14(18,19)20/h1-8H. The molecule has 10 nitrogen and oxygen atoms in total. The van der Waals surface area contributed by atoms with Gasteiger partial charge in [0.25, 0.3) is 0 Å². The molecular formula is C14H8F6N4O6S2. The Balaban J connectivity index is 2.75. The van der Waals surface area contributed by atoms with Gasteiger partial charge in [-0.1, -0.05) is 0 Å². The van der Waals surface area contributed by atoms with Crippen LogP contribution < -0.4 is 8.61 Å². The zero-order valence-electron chi connectivity index (χ0n) is 14.9. The van der Waals surface area contributed by atoms with Gasteiger partial charge in [-0.2, -0.15) is 51.8 Å². The molecule has 2 aromatic rings. The first-order chi connectivity index (χ1) is 14.5. The molecule has 0 aliphatic heterocycles. The summed E-state index contributed by atoms with van der Waals surface area (Å²) in [6, 6.07) is 2.07. The first-order valence-electron chi connectivity index (χ1n) is 7.65. The van der Waals surface area contributed by atoms with Crippen molar-refractivity contribution in [1.82, 2.24) is 9.97 Å². The summed E-state index contributed by atoms with van der Waals surface area (Å²) in [5.41, 5.74) is -14.7. The maximum Gasteiger partial charge on any atom is 0.517 e. The van der Waals surface area contributed by atoms with Crippen LogP contribution in [0.1, 0.15) is 0 Å². The van der Waals surface area contributed by atoms with Crippen molar-refractivity contribution < 1.29 is 52.8 Å². The molecule has 2 heterocycles. The molecule has 0 saturated heterocycles. The summed E-state index contributed by atoms with van der Waals surface area (Å²) in [4.78, 5) is 31.8. The molecular weight excluding hydrogens is 498 g/mol. The third-order valence-corrected chi connectivity index (χ3v) is 6.30. The highest BCUT2D eigenvalue weighted by Gasteiger charge is 2.57. The quantitative estimate of drug-likeness (QED) is 0.450. The number of nitrogens with zero attached hydrogens (tertiary/aromatic N) is 4. The van der Waals surface area contributed by atoms with E-state index in [0.29, 0.717) is 49.1 Å². The number of pyridine rings is 2. The number of carbonyl (C=O) groups is 2. The highest BCUT2D eigenvalue weighted by Crippen LogP contribution is 2.34. The van der Waals surface area contributed by atoms with Gasteiger partial charge in [0, 0.05) is 24.8 Å². The number of carbonyl (C=O) groups excluding carboxylic acids is 2. The molecule has 0 aliphatic carbocycles. The number of rotatable bonds is 4. The number of sulfonamides is 2. The van der Waals surface area contributed by atoms with Gasteiger partial charge >= 0.3 is 42.9 Å². The van der Waals surface area contributed by atoms with E-state index in [0.717, 1.165) is 0 Å². The summed E-state index contributed by atoms with van der Waals surface area (Å²) in [5, 5.41) is 0. The lowest BCUT2D eigenvalue weighted by atomic mass is 10.3. The molecule has 0 fully saturated rings. The van der Waals surface area contributed by atoms with Crippen LogP contribution in [0.15, 0.2) is 49.1 Å². The number of aromatic nitrogens is 2. The number of amides is 2. The maximum atomic E-state index is 13.1. The molecule has 0 aliphatic rings. The summed E-state index contributed by atoms with van der Waals surface area (Å²) in [5.74, 6) is -5.53. The van der Waals surface area contributed by atoms with Crippen LogP contribution in [-0.4, -0.2) is 49.6 Å². The lowest BCUT2D eigenvalue weighted by molar-refractivity contribution is -0.135. The van der Waals surface area contributed by atoms with Crippen LogP contribution >= 0.6 is 0 Å². The van der Waals surface area contributed by atoms with Gasteiger partial charge in [0.2, 0.25) is 0 Å². The van der Waals surface area contributed by atoms with Gasteiger partial charge in [0.15, 0.2) is 0 Å². The molecule has 32 heavy (non-hydrogen) atoms. The van der Waals surface area contributed by atoms with Crippen LogP contribution in [0.3, 0.4) is 0 Å². The predicted molar refractivity (Wildman–Crippen MR) is 93.4 cm³/mol. The molecule has 0 N–H and O–H groups in total. The Hall–Kier alpha value is -3.28. The second kappa shape index (κ2) is 8.34. The monoisotopic (exact) mass is 506 g/mol. The Kier molecular flexibility index (Phi) is 6.51.